The Balaban J connectivity index is 2.19. The normalized spacial score (nSPS) is 11.4. The number of aromatic nitrogens is 2. The fourth-order valence-corrected chi connectivity index (χ4v) is 2.34. The molecule has 0 fully saturated rings. The van der Waals surface area contributed by atoms with Crippen LogP contribution in [0.3, 0.4) is 0 Å². The molecule has 0 unspecified atom stereocenters. The van der Waals surface area contributed by atoms with Gasteiger partial charge in [0, 0.05) is 38.1 Å². The van der Waals surface area contributed by atoms with Crippen LogP contribution in [0.2, 0.25) is 0 Å². The molecule has 22 heavy (non-hydrogen) atoms. The Morgan fingerprint density at radius 1 is 1.32 bits per heavy atom. The van der Waals surface area contributed by atoms with Crippen molar-refractivity contribution in [1.29, 1.82) is 0 Å². The van der Waals surface area contributed by atoms with Gasteiger partial charge in [0.05, 0.1) is 0 Å². The van der Waals surface area contributed by atoms with Crippen molar-refractivity contribution in [2.75, 3.05) is 14.1 Å². The Labute approximate surface area is 128 Å². The third-order valence-electron chi connectivity index (χ3n) is 3.42. The van der Waals surface area contributed by atoms with Gasteiger partial charge < -0.3 is 9.32 Å². The van der Waals surface area contributed by atoms with E-state index in [1.807, 2.05) is 50.2 Å². The summed E-state index contributed by atoms with van der Waals surface area (Å²) in [4.78, 5) is 18.9. The molecule has 0 radical (unpaired) electrons. The van der Waals surface area contributed by atoms with E-state index in [0.29, 0.717) is 17.2 Å². The zero-order valence-corrected chi connectivity index (χ0v) is 12.8. The van der Waals surface area contributed by atoms with Crippen LogP contribution in [0.25, 0.3) is 17.1 Å². The first-order chi connectivity index (χ1) is 10.6. The molecule has 0 N–H and O–H groups in total. The molecule has 2 heterocycles. The van der Waals surface area contributed by atoms with Crippen molar-refractivity contribution < 1.29 is 9.21 Å². The number of imidazole rings is 1. The summed E-state index contributed by atoms with van der Waals surface area (Å²) in [7, 11) is 3.74. The van der Waals surface area contributed by atoms with Crippen LogP contribution in [-0.4, -0.2) is 34.2 Å². The molecule has 0 aliphatic carbocycles. The molecule has 0 spiro atoms. The fraction of sp³-hybridized carbons (Fsp3) is 0.176. The van der Waals surface area contributed by atoms with Crippen LogP contribution in [0.4, 0.5) is 0 Å². The molecule has 0 bridgehead atoms. The molecule has 112 valence electrons. The monoisotopic (exact) mass is 295 g/mol. The Morgan fingerprint density at radius 2 is 2.09 bits per heavy atom. The maximum absolute atomic E-state index is 12.6. The zero-order chi connectivity index (χ0) is 15.7. The Kier molecular flexibility index (Phi) is 3.55. The highest BCUT2D eigenvalue weighted by Crippen LogP contribution is 2.28. The molecule has 1 aromatic carbocycles. The maximum atomic E-state index is 12.6. The summed E-state index contributed by atoms with van der Waals surface area (Å²) in [6.45, 7) is 2.00. The molecule has 3 rings (SSSR count). The van der Waals surface area contributed by atoms with Gasteiger partial charge in [0.15, 0.2) is 0 Å². The lowest BCUT2D eigenvalue weighted by Crippen LogP contribution is -2.06. The highest BCUT2D eigenvalue weighted by molar-refractivity contribution is 6.08. The largest absolute Gasteiger partial charge is 0.432 e. The molecule has 0 saturated carbocycles. The number of aryl methyl sites for hydroxylation is 1. The predicted octanol–water partition coefficient (Wildman–Crippen LogP) is 3.16. The van der Waals surface area contributed by atoms with Crippen LogP contribution >= 0.6 is 0 Å². The van der Waals surface area contributed by atoms with Crippen molar-refractivity contribution >= 4 is 11.6 Å². The van der Waals surface area contributed by atoms with Crippen molar-refractivity contribution in [3.63, 3.8) is 0 Å². The number of carbonyl (C=O) groups is 1. The van der Waals surface area contributed by atoms with Crippen LogP contribution < -0.4 is 0 Å². The van der Waals surface area contributed by atoms with E-state index in [1.54, 1.807) is 16.8 Å². The number of fused-ring (bicyclic) bond motifs is 1. The van der Waals surface area contributed by atoms with Gasteiger partial charge in [-0.25, -0.2) is 0 Å². The van der Waals surface area contributed by atoms with Crippen molar-refractivity contribution in [1.82, 2.24) is 14.3 Å². The third kappa shape index (κ3) is 2.41. The summed E-state index contributed by atoms with van der Waals surface area (Å²) >= 11 is 0. The van der Waals surface area contributed by atoms with Crippen molar-refractivity contribution in [2.45, 2.75) is 6.92 Å². The van der Waals surface area contributed by atoms with E-state index in [-0.39, 0.29) is 5.78 Å². The standard InChI is InChI=1S/C17H17N3O2/c1-12-6-4-5-7-13(12)15-16(14(21)8-9-19(2)3)20-10-11-22-17(20)18-15/h4-11H,1-3H3/b9-8+. The third-order valence-corrected chi connectivity index (χ3v) is 3.42. The zero-order valence-electron chi connectivity index (χ0n) is 12.8. The van der Waals surface area contributed by atoms with Gasteiger partial charge in [-0.15, -0.1) is 0 Å². The molecule has 0 amide bonds. The van der Waals surface area contributed by atoms with E-state index in [9.17, 15) is 4.79 Å². The predicted molar refractivity (Wildman–Crippen MR) is 84.8 cm³/mol. The fourth-order valence-electron chi connectivity index (χ4n) is 2.34. The summed E-state index contributed by atoms with van der Waals surface area (Å²) in [5.41, 5.74) is 3.15. The summed E-state index contributed by atoms with van der Waals surface area (Å²) in [5, 5.41) is 0. The number of hydrogen-bond donors (Lipinski definition) is 0. The van der Waals surface area contributed by atoms with Crippen LogP contribution in [0.1, 0.15) is 16.1 Å². The van der Waals surface area contributed by atoms with Gasteiger partial charge in [-0.3, -0.25) is 9.20 Å². The minimum absolute atomic E-state index is 0.110. The number of allylic oxidation sites excluding steroid dienone is 1. The van der Waals surface area contributed by atoms with Crippen LogP contribution in [-0.2, 0) is 0 Å². The number of carbonyl (C=O) groups excluding carboxylic acids is 1. The Bertz CT molecular complexity index is 856. The van der Waals surface area contributed by atoms with Gasteiger partial charge in [0.2, 0.25) is 5.78 Å². The first-order valence-electron chi connectivity index (χ1n) is 6.98. The molecule has 5 nitrogen and oxygen atoms in total. The number of ketones is 1. The van der Waals surface area contributed by atoms with Gasteiger partial charge in [0.1, 0.15) is 17.7 Å². The van der Waals surface area contributed by atoms with Crippen LogP contribution in [0.5, 0.6) is 0 Å². The number of rotatable bonds is 4. The molecule has 0 aliphatic rings. The minimum Gasteiger partial charge on any atom is -0.432 e. The Hall–Kier alpha value is -2.82. The number of hydrogen-bond acceptors (Lipinski definition) is 4. The molecule has 0 atom stereocenters. The van der Waals surface area contributed by atoms with Crippen molar-refractivity contribution in [3.8, 4) is 11.3 Å². The van der Waals surface area contributed by atoms with E-state index >= 15 is 0 Å². The van der Waals surface area contributed by atoms with Gasteiger partial charge in [0.25, 0.3) is 0 Å². The molecule has 2 aromatic heterocycles. The summed E-state index contributed by atoms with van der Waals surface area (Å²) in [6, 6.07) is 7.86. The van der Waals surface area contributed by atoms with Crippen LogP contribution in [0, 0.1) is 6.92 Å². The second-order valence-corrected chi connectivity index (χ2v) is 5.32. The first-order valence-corrected chi connectivity index (χ1v) is 6.98. The SMILES string of the molecule is Cc1ccccc1-c1nc2occn2c1C(=O)/C=C/N(C)C. The lowest BCUT2D eigenvalue weighted by molar-refractivity contribution is 0.104. The average molecular weight is 295 g/mol. The van der Waals surface area contributed by atoms with Gasteiger partial charge in [-0.05, 0) is 12.5 Å². The lowest BCUT2D eigenvalue weighted by atomic mass is 10.0. The summed E-state index contributed by atoms with van der Waals surface area (Å²) < 4.78 is 7.03. The van der Waals surface area contributed by atoms with Crippen molar-refractivity contribution in [3.05, 3.63) is 60.3 Å². The number of benzene rings is 1. The van der Waals surface area contributed by atoms with E-state index < -0.39 is 0 Å². The summed E-state index contributed by atoms with van der Waals surface area (Å²) in [6.07, 6.45) is 6.50. The van der Waals surface area contributed by atoms with Gasteiger partial charge >= 0.3 is 5.84 Å². The molecule has 0 aliphatic heterocycles. The van der Waals surface area contributed by atoms with Gasteiger partial charge in [-0.2, -0.15) is 4.98 Å². The van der Waals surface area contributed by atoms with Gasteiger partial charge in [-0.1, -0.05) is 24.3 Å². The second-order valence-electron chi connectivity index (χ2n) is 5.32. The molecular weight excluding hydrogens is 278 g/mol. The molecule has 3 aromatic rings. The molecule has 5 heteroatoms. The van der Waals surface area contributed by atoms with Crippen LogP contribution in [0.15, 0.2) is 53.4 Å². The molecule has 0 saturated heterocycles. The summed E-state index contributed by atoms with van der Waals surface area (Å²) in [5.74, 6) is 0.306. The second kappa shape index (κ2) is 5.52. The maximum Gasteiger partial charge on any atom is 0.306 e. The first kappa shape index (κ1) is 14.1. The van der Waals surface area contributed by atoms with Crippen molar-refractivity contribution in [2.24, 2.45) is 0 Å². The number of oxazole rings is 1. The Morgan fingerprint density at radius 3 is 2.82 bits per heavy atom. The highest BCUT2D eigenvalue weighted by atomic mass is 16.3. The average Bonchev–Trinajstić information content (AvgIpc) is 3.05. The number of nitrogens with zero attached hydrogens (tertiary/aromatic N) is 3. The van der Waals surface area contributed by atoms with E-state index in [4.69, 9.17) is 4.42 Å². The van der Waals surface area contributed by atoms with E-state index in [1.165, 1.54) is 12.3 Å². The smallest absolute Gasteiger partial charge is 0.306 e. The quantitative estimate of drug-likeness (QED) is 0.548. The van der Waals surface area contributed by atoms with E-state index in [0.717, 1.165) is 11.1 Å². The molecular formula is C17H17N3O2. The highest BCUT2D eigenvalue weighted by Gasteiger charge is 2.21. The lowest BCUT2D eigenvalue weighted by Gasteiger charge is -2.05. The topological polar surface area (TPSA) is 50.8 Å². The van der Waals surface area contributed by atoms with E-state index in [2.05, 4.69) is 4.98 Å². The minimum atomic E-state index is -0.110.